The Bertz CT molecular complexity index is 971. The number of hydrogen-bond donors (Lipinski definition) is 1. The first-order valence-corrected chi connectivity index (χ1v) is 12.7. The van der Waals surface area contributed by atoms with Gasteiger partial charge in [0.15, 0.2) is 0 Å². The summed E-state index contributed by atoms with van der Waals surface area (Å²) in [6, 6.07) is 1.06. The average molecular weight is 473 g/mol. The van der Waals surface area contributed by atoms with Crippen LogP contribution in [0.1, 0.15) is 88.2 Å². The van der Waals surface area contributed by atoms with E-state index in [4.69, 9.17) is 0 Å². The van der Waals surface area contributed by atoms with Gasteiger partial charge in [-0.25, -0.2) is 4.79 Å². The second-order valence-corrected chi connectivity index (χ2v) is 11.8. The third kappa shape index (κ3) is 5.78. The van der Waals surface area contributed by atoms with E-state index in [9.17, 15) is 19.5 Å². The number of thiophene rings is 1. The van der Waals surface area contributed by atoms with Crippen molar-refractivity contribution in [1.82, 2.24) is 4.90 Å². The van der Waals surface area contributed by atoms with E-state index in [1.54, 1.807) is 11.0 Å². The first kappa shape index (κ1) is 25.3. The van der Waals surface area contributed by atoms with E-state index in [2.05, 4.69) is 18.8 Å². The molecule has 3 rings (SSSR count). The third-order valence-electron chi connectivity index (χ3n) is 6.48. The Hall–Kier alpha value is -2.33. The fourth-order valence-electron chi connectivity index (χ4n) is 4.61. The van der Waals surface area contributed by atoms with Crippen molar-refractivity contribution in [2.45, 2.75) is 85.7 Å². The van der Waals surface area contributed by atoms with Crippen LogP contribution in [0.3, 0.4) is 0 Å². The second kappa shape index (κ2) is 9.89. The molecule has 1 aromatic rings. The molecule has 1 aromatic heterocycles. The number of amides is 2. The monoisotopic (exact) mass is 472 g/mol. The van der Waals surface area contributed by atoms with Crippen LogP contribution < -0.4 is 4.90 Å². The minimum Gasteiger partial charge on any atom is -0.477 e. The summed E-state index contributed by atoms with van der Waals surface area (Å²) in [6.07, 6.45) is 3.99. The normalized spacial score (nSPS) is 23.4. The molecule has 2 aliphatic rings. The van der Waals surface area contributed by atoms with E-state index in [0.29, 0.717) is 29.4 Å². The number of aromatic carboxylic acids is 1. The van der Waals surface area contributed by atoms with Crippen molar-refractivity contribution in [3.05, 3.63) is 15.8 Å². The van der Waals surface area contributed by atoms with Gasteiger partial charge in [0.25, 0.3) is 0 Å². The number of nitrogens with zero attached hydrogens (tertiary/aromatic N) is 2. The topological polar surface area (TPSA) is 77.9 Å². The van der Waals surface area contributed by atoms with E-state index in [0.717, 1.165) is 37.0 Å². The van der Waals surface area contributed by atoms with Gasteiger partial charge in [-0.05, 0) is 78.7 Å². The standard InChI is InChI=1S/C26H36N2O4S/c1-16(2)27-14-12-20(24(27)30)28(23(29)18-9-7-17(3)8-10-18)21-15-19(11-13-26(4,5)6)33-22(21)25(31)32/h15-18,20H,7-10,12,14H2,1-6H3,(H,31,32)/t17-,18-,20?. The number of carbonyl (C=O) groups is 3. The molecule has 0 radical (unpaired) electrons. The van der Waals surface area contributed by atoms with Crippen molar-refractivity contribution in [3.63, 3.8) is 0 Å². The van der Waals surface area contributed by atoms with E-state index in [1.807, 2.05) is 34.6 Å². The highest BCUT2D eigenvalue weighted by Gasteiger charge is 2.43. The summed E-state index contributed by atoms with van der Waals surface area (Å²) in [6.45, 7) is 12.7. The Labute approximate surface area is 201 Å². The lowest BCUT2D eigenvalue weighted by molar-refractivity contribution is -0.133. The Morgan fingerprint density at radius 2 is 1.82 bits per heavy atom. The molecule has 1 saturated heterocycles. The molecule has 6 nitrogen and oxygen atoms in total. The van der Waals surface area contributed by atoms with Gasteiger partial charge in [-0.1, -0.05) is 18.8 Å². The van der Waals surface area contributed by atoms with E-state index in [-0.39, 0.29) is 34.1 Å². The molecule has 2 heterocycles. The molecule has 1 N–H and O–H groups in total. The zero-order chi connectivity index (χ0) is 24.5. The second-order valence-electron chi connectivity index (χ2n) is 10.7. The van der Waals surface area contributed by atoms with Crippen molar-refractivity contribution in [2.75, 3.05) is 11.4 Å². The summed E-state index contributed by atoms with van der Waals surface area (Å²) in [5.74, 6) is 5.30. The average Bonchev–Trinajstić information content (AvgIpc) is 3.31. The molecule has 1 saturated carbocycles. The van der Waals surface area contributed by atoms with Crippen molar-refractivity contribution in [3.8, 4) is 11.8 Å². The predicted octanol–water partition coefficient (Wildman–Crippen LogP) is 5.01. The highest BCUT2D eigenvalue weighted by atomic mass is 32.1. The summed E-state index contributed by atoms with van der Waals surface area (Å²) in [5, 5.41) is 9.96. The third-order valence-corrected chi connectivity index (χ3v) is 7.50. The largest absolute Gasteiger partial charge is 0.477 e. The lowest BCUT2D eigenvalue weighted by atomic mass is 9.82. The number of rotatable bonds is 5. The van der Waals surface area contributed by atoms with Crippen LogP contribution in [0.25, 0.3) is 0 Å². The van der Waals surface area contributed by atoms with Crippen LogP contribution in [0.5, 0.6) is 0 Å². The van der Waals surface area contributed by atoms with Crippen molar-refractivity contribution < 1.29 is 19.5 Å². The fraction of sp³-hybridized carbons (Fsp3) is 0.654. The number of carboxylic acids is 1. The Morgan fingerprint density at radius 1 is 1.18 bits per heavy atom. The van der Waals surface area contributed by atoms with E-state index in [1.165, 1.54) is 4.90 Å². The summed E-state index contributed by atoms with van der Waals surface area (Å²) >= 11 is 1.08. The van der Waals surface area contributed by atoms with Gasteiger partial charge in [0.2, 0.25) is 11.8 Å². The molecule has 1 atom stereocenters. The number of anilines is 1. The molecule has 33 heavy (non-hydrogen) atoms. The van der Waals surface area contributed by atoms with Gasteiger partial charge in [0, 0.05) is 23.9 Å². The molecule has 1 aliphatic carbocycles. The van der Waals surface area contributed by atoms with Gasteiger partial charge in [-0.15, -0.1) is 11.3 Å². The van der Waals surface area contributed by atoms with Crippen LogP contribution in [-0.4, -0.2) is 46.4 Å². The molecule has 0 spiro atoms. The van der Waals surface area contributed by atoms with Crippen molar-refractivity contribution >= 4 is 34.8 Å². The van der Waals surface area contributed by atoms with Gasteiger partial charge in [0.05, 0.1) is 10.6 Å². The molecule has 2 fully saturated rings. The smallest absolute Gasteiger partial charge is 0.348 e. The van der Waals surface area contributed by atoms with Crippen molar-refractivity contribution in [2.24, 2.45) is 17.3 Å². The van der Waals surface area contributed by atoms with Gasteiger partial charge < -0.3 is 10.0 Å². The predicted molar refractivity (Wildman–Crippen MR) is 131 cm³/mol. The summed E-state index contributed by atoms with van der Waals surface area (Å²) < 4.78 is 0. The van der Waals surface area contributed by atoms with Crippen LogP contribution in [-0.2, 0) is 9.59 Å². The first-order chi connectivity index (χ1) is 15.4. The lowest BCUT2D eigenvalue weighted by Gasteiger charge is -2.34. The lowest BCUT2D eigenvalue weighted by Crippen LogP contribution is -2.49. The number of likely N-dealkylation sites (tertiary alicyclic amines) is 1. The van der Waals surface area contributed by atoms with Crippen LogP contribution in [0.15, 0.2) is 6.07 Å². The first-order valence-electron chi connectivity index (χ1n) is 11.9. The molecule has 2 amide bonds. The number of carbonyl (C=O) groups excluding carboxylic acids is 2. The summed E-state index contributed by atoms with van der Waals surface area (Å²) in [4.78, 5) is 43.3. The van der Waals surface area contributed by atoms with Gasteiger partial charge in [-0.2, -0.15) is 0 Å². The van der Waals surface area contributed by atoms with Crippen LogP contribution >= 0.6 is 11.3 Å². The maximum atomic E-state index is 13.8. The van der Waals surface area contributed by atoms with Gasteiger partial charge >= 0.3 is 5.97 Å². The fourth-order valence-corrected chi connectivity index (χ4v) is 5.45. The maximum Gasteiger partial charge on any atom is 0.348 e. The van der Waals surface area contributed by atoms with E-state index >= 15 is 0 Å². The molecule has 0 bridgehead atoms. The molecule has 0 aromatic carbocycles. The quantitative estimate of drug-likeness (QED) is 0.611. The van der Waals surface area contributed by atoms with Gasteiger partial charge in [-0.3, -0.25) is 14.5 Å². The Kier molecular flexibility index (Phi) is 7.58. The zero-order valence-corrected chi connectivity index (χ0v) is 21.4. The maximum absolute atomic E-state index is 13.8. The Morgan fingerprint density at radius 3 is 2.33 bits per heavy atom. The number of hydrogen-bond acceptors (Lipinski definition) is 4. The van der Waals surface area contributed by atoms with E-state index < -0.39 is 12.0 Å². The van der Waals surface area contributed by atoms with Crippen molar-refractivity contribution in [1.29, 1.82) is 0 Å². The van der Waals surface area contributed by atoms with Crippen LogP contribution in [0.4, 0.5) is 5.69 Å². The SMILES string of the molecule is CC(C)N1CCC(N(c2cc(C#CC(C)(C)C)sc2C(=O)O)C(=O)[C@H]2CC[C@H](C)CC2)C1=O. The minimum absolute atomic E-state index is 0.0321. The molecule has 1 unspecified atom stereocenters. The highest BCUT2D eigenvalue weighted by Crippen LogP contribution is 2.38. The minimum atomic E-state index is -1.10. The molecule has 1 aliphatic heterocycles. The highest BCUT2D eigenvalue weighted by molar-refractivity contribution is 7.15. The molecular formula is C26H36N2O4S. The molecule has 7 heteroatoms. The summed E-state index contributed by atoms with van der Waals surface area (Å²) in [5.41, 5.74) is 0.0828. The van der Waals surface area contributed by atoms with Gasteiger partial charge in [0.1, 0.15) is 10.9 Å². The zero-order valence-electron chi connectivity index (χ0n) is 20.6. The van der Waals surface area contributed by atoms with Crippen LogP contribution in [0.2, 0.25) is 0 Å². The summed E-state index contributed by atoms with van der Waals surface area (Å²) in [7, 11) is 0. The molecular weight excluding hydrogens is 436 g/mol. The molecule has 180 valence electrons. The van der Waals surface area contributed by atoms with Crippen LogP contribution in [0, 0.1) is 29.1 Å². The number of carboxylic acid groups (broad SMARTS) is 1. The Balaban J connectivity index is 2.06.